The van der Waals surface area contributed by atoms with Crippen molar-refractivity contribution in [3.05, 3.63) is 59.7 Å². The number of rotatable bonds is 7. The van der Waals surface area contributed by atoms with Crippen LogP contribution in [0, 0.1) is 0 Å². The van der Waals surface area contributed by atoms with E-state index in [1.165, 1.54) is 28.6 Å². The molecule has 2 aromatic rings. The Kier molecular flexibility index (Phi) is 6.77. The van der Waals surface area contributed by atoms with Crippen LogP contribution in [0.25, 0.3) is 0 Å². The van der Waals surface area contributed by atoms with Crippen LogP contribution in [-0.4, -0.2) is 39.5 Å². The normalized spacial score (nSPS) is 14.5. The van der Waals surface area contributed by atoms with E-state index in [-0.39, 0.29) is 29.0 Å². The Bertz CT molecular complexity index is 1020. The predicted molar refractivity (Wildman–Crippen MR) is 114 cm³/mol. The number of hydrogen-bond acceptors (Lipinski definition) is 5. The topological polar surface area (TPSA) is 92.8 Å². The lowest BCUT2D eigenvalue weighted by Crippen LogP contribution is -2.35. The van der Waals surface area contributed by atoms with Crippen LogP contribution >= 0.6 is 0 Å². The first-order chi connectivity index (χ1) is 14.3. The number of aryl methyl sites for hydroxylation is 1. The van der Waals surface area contributed by atoms with Crippen LogP contribution in [0.1, 0.15) is 42.6 Å². The summed E-state index contributed by atoms with van der Waals surface area (Å²) in [5, 5.41) is 2.71. The van der Waals surface area contributed by atoms with Crippen LogP contribution in [0.3, 0.4) is 0 Å². The maximum atomic E-state index is 13.1. The number of carbonyl (C=O) groups excluding carboxylic acids is 2. The van der Waals surface area contributed by atoms with Crippen LogP contribution in [0.2, 0.25) is 0 Å². The fourth-order valence-corrected chi connectivity index (χ4v) is 4.81. The van der Waals surface area contributed by atoms with Crippen molar-refractivity contribution >= 4 is 27.6 Å². The summed E-state index contributed by atoms with van der Waals surface area (Å²) >= 11 is 0. The number of sulfonamides is 1. The van der Waals surface area contributed by atoms with Crippen molar-refractivity contribution in [3.63, 3.8) is 0 Å². The van der Waals surface area contributed by atoms with E-state index in [0.29, 0.717) is 12.2 Å². The highest BCUT2D eigenvalue weighted by Gasteiger charge is 2.29. The first-order valence-electron chi connectivity index (χ1n) is 10.00. The van der Waals surface area contributed by atoms with Gasteiger partial charge in [0, 0.05) is 12.6 Å². The lowest BCUT2D eigenvalue weighted by Gasteiger charge is -2.30. The van der Waals surface area contributed by atoms with E-state index in [4.69, 9.17) is 4.74 Å². The number of nitrogens with zero attached hydrogens (tertiary/aromatic N) is 1. The molecule has 160 valence electrons. The Morgan fingerprint density at radius 3 is 2.53 bits per heavy atom. The van der Waals surface area contributed by atoms with Crippen LogP contribution in [0.4, 0.5) is 5.69 Å². The van der Waals surface area contributed by atoms with Gasteiger partial charge in [-0.2, -0.15) is 0 Å². The van der Waals surface area contributed by atoms with Gasteiger partial charge in [-0.15, -0.1) is 0 Å². The molecule has 0 radical (unpaired) electrons. The molecule has 2 aromatic carbocycles. The SMILES string of the molecule is CC[C@H](C)NC(=O)COC(=O)c1ccc(S(=O)(=O)N2CCCc3ccccc32)cc1. The summed E-state index contributed by atoms with van der Waals surface area (Å²) in [4.78, 5) is 24.0. The van der Waals surface area contributed by atoms with Crippen LogP contribution in [0.15, 0.2) is 53.4 Å². The summed E-state index contributed by atoms with van der Waals surface area (Å²) in [7, 11) is -3.74. The number of amides is 1. The molecule has 1 heterocycles. The monoisotopic (exact) mass is 430 g/mol. The maximum absolute atomic E-state index is 13.1. The number of benzene rings is 2. The Morgan fingerprint density at radius 1 is 1.13 bits per heavy atom. The zero-order chi connectivity index (χ0) is 21.7. The van der Waals surface area contributed by atoms with Gasteiger partial charge in [-0.1, -0.05) is 25.1 Å². The van der Waals surface area contributed by atoms with Crippen molar-refractivity contribution in [2.24, 2.45) is 0 Å². The number of fused-ring (bicyclic) bond motifs is 1. The van der Waals surface area contributed by atoms with Gasteiger partial charge in [0.1, 0.15) is 0 Å². The van der Waals surface area contributed by atoms with Crippen molar-refractivity contribution < 1.29 is 22.7 Å². The minimum absolute atomic E-state index is 0.000565. The van der Waals surface area contributed by atoms with E-state index in [2.05, 4.69) is 5.32 Å². The Morgan fingerprint density at radius 2 is 1.83 bits per heavy atom. The van der Waals surface area contributed by atoms with Gasteiger partial charge in [0.15, 0.2) is 6.61 Å². The van der Waals surface area contributed by atoms with Gasteiger partial charge < -0.3 is 10.1 Å². The average molecular weight is 431 g/mol. The molecule has 7 nitrogen and oxygen atoms in total. The van der Waals surface area contributed by atoms with E-state index in [1.54, 1.807) is 0 Å². The highest BCUT2D eigenvalue weighted by molar-refractivity contribution is 7.92. The molecular formula is C22H26N2O5S. The molecule has 0 spiro atoms. The number of para-hydroxylation sites is 1. The molecule has 1 aliphatic heterocycles. The fourth-order valence-electron chi connectivity index (χ4n) is 3.27. The Hall–Kier alpha value is -2.87. The molecule has 0 unspecified atom stereocenters. The fraction of sp³-hybridized carbons (Fsp3) is 0.364. The standard InChI is InChI=1S/C22H26N2O5S/c1-3-16(2)23-21(25)15-29-22(26)18-10-12-19(13-11-18)30(27,28)24-14-6-8-17-7-4-5-9-20(17)24/h4-5,7,9-13,16H,3,6,8,14-15H2,1-2H3,(H,23,25)/t16-/m0/s1. The third kappa shape index (κ3) is 4.81. The maximum Gasteiger partial charge on any atom is 0.338 e. The van der Waals surface area contributed by atoms with Crippen molar-refractivity contribution in [1.29, 1.82) is 0 Å². The second-order valence-corrected chi connectivity index (χ2v) is 9.15. The third-order valence-corrected chi connectivity index (χ3v) is 6.93. The van der Waals surface area contributed by atoms with E-state index < -0.39 is 16.0 Å². The molecule has 0 saturated heterocycles. The molecule has 3 rings (SSSR count). The summed E-state index contributed by atoms with van der Waals surface area (Å²) in [6.07, 6.45) is 2.37. The molecule has 1 N–H and O–H groups in total. The Labute approximate surface area is 177 Å². The van der Waals surface area contributed by atoms with Gasteiger partial charge in [0.2, 0.25) is 0 Å². The van der Waals surface area contributed by atoms with Crippen LogP contribution in [-0.2, 0) is 26.0 Å². The second-order valence-electron chi connectivity index (χ2n) is 7.29. The van der Waals surface area contributed by atoms with E-state index in [0.717, 1.165) is 24.8 Å². The van der Waals surface area contributed by atoms with Crippen molar-refractivity contribution in [1.82, 2.24) is 5.32 Å². The van der Waals surface area contributed by atoms with Crippen LogP contribution < -0.4 is 9.62 Å². The number of nitrogens with one attached hydrogen (secondary N) is 1. The van der Waals surface area contributed by atoms with E-state index >= 15 is 0 Å². The molecular weight excluding hydrogens is 404 g/mol. The summed E-state index contributed by atoms with van der Waals surface area (Å²) in [6, 6.07) is 13.1. The van der Waals surface area contributed by atoms with Crippen molar-refractivity contribution in [2.45, 2.75) is 44.0 Å². The summed E-state index contributed by atoms with van der Waals surface area (Å²) in [5.74, 6) is -1.05. The largest absolute Gasteiger partial charge is 0.452 e. The molecule has 8 heteroatoms. The van der Waals surface area contributed by atoms with Gasteiger partial charge >= 0.3 is 5.97 Å². The van der Waals surface area contributed by atoms with E-state index in [9.17, 15) is 18.0 Å². The first-order valence-corrected chi connectivity index (χ1v) is 11.4. The van der Waals surface area contributed by atoms with Gasteiger partial charge in [-0.25, -0.2) is 13.2 Å². The average Bonchev–Trinajstić information content (AvgIpc) is 2.77. The second kappa shape index (κ2) is 9.30. The van der Waals surface area contributed by atoms with Gasteiger partial charge in [-0.05, 0) is 62.1 Å². The Balaban J connectivity index is 1.70. The predicted octanol–water partition coefficient (Wildman–Crippen LogP) is 2.90. The molecule has 0 saturated carbocycles. The molecule has 0 aromatic heterocycles. The molecule has 1 amide bonds. The zero-order valence-corrected chi connectivity index (χ0v) is 17.9. The zero-order valence-electron chi connectivity index (χ0n) is 17.1. The number of anilines is 1. The van der Waals surface area contributed by atoms with Crippen LogP contribution in [0.5, 0.6) is 0 Å². The van der Waals surface area contributed by atoms with Gasteiger partial charge in [0.25, 0.3) is 15.9 Å². The number of hydrogen-bond donors (Lipinski definition) is 1. The van der Waals surface area contributed by atoms with Gasteiger partial charge in [0.05, 0.1) is 16.1 Å². The van der Waals surface area contributed by atoms with Crippen molar-refractivity contribution in [3.8, 4) is 0 Å². The van der Waals surface area contributed by atoms with E-state index in [1.807, 2.05) is 38.1 Å². The highest BCUT2D eigenvalue weighted by atomic mass is 32.2. The highest BCUT2D eigenvalue weighted by Crippen LogP contribution is 2.31. The summed E-state index contributed by atoms with van der Waals surface area (Å²) in [6.45, 7) is 3.83. The number of carbonyl (C=O) groups is 2. The molecule has 0 bridgehead atoms. The lowest BCUT2D eigenvalue weighted by molar-refractivity contribution is -0.124. The molecule has 1 atom stereocenters. The molecule has 0 aliphatic carbocycles. The third-order valence-electron chi connectivity index (χ3n) is 5.10. The smallest absolute Gasteiger partial charge is 0.338 e. The quantitative estimate of drug-likeness (QED) is 0.682. The first kappa shape index (κ1) is 21.8. The molecule has 30 heavy (non-hydrogen) atoms. The number of ether oxygens (including phenoxy) is 1. The van der Waals surface area contributed by atoms with Gasteiger partial charge in [-0.3, -0.25) is 9.10 Å². The number of esters is 1. The van der Waals surface area contributed by atoms with Crippen molar-refractivity contribution in [2.75, 3.05) is 17.5 Å². The summed E-state index contributed by atoms with van der Waals surface area (Å²) < 4.78 is 32.7. The minimum atomic E-state index is -3.74. The minimum Gasteiger partial charge on any atom is -0.452 e. The molecule has 1 aliphatic rings. The molecule has 0 fully saturated rings. The summed E-state index contributed by atoms with van der Waals surface area (Å²) in [5.41, 5.74) is 1.88. The lowest BCUT2D eigenvalue weighted by atomic mass is 10.0.